The predicted molar refractivity (Wildman–Crippen MR) is 364 cm³/mol. The summed E-state index contributed by atoms with van der Waals surface area (Å²) in [6, 6.07) is -0.867. The van der Waals surface area contributed by atoms with E-state index in [2.05, 4.69) is 67.8 Å². The van der Waals surface area contributed by atoms with Crippen molar-refractivity contribution in [2.24, 2.45) is 0 Å². The maximum absolute atomic E-state index is 13.1. The van der Waals surface area contributed by atoms with Gasteiger partial charge in [0, 0.05) is 6.42 Å². The first-order valence-corrected chi connectivity index (χ1v) is 37.7. The van der Waals surface area contributed by atoms with Crippen molar-refractivity contribution in [2.45, 2.75) is 366 Å². The molecule has 0 aromatic heterocycles. The van der Waals surface area contributed by atoms with Gasteiger partial charge in [-0.15, -0.1) is 0 Å². The van der Waals surface area contributed by atoms with Gasteiger partial charge in [0.25, 0.3) is 0 Å². The molecule has 83 heavy (non-hydrogen) atoms. The van der Waals surface area contributed by atoms with Gasteiger partial charge in [0.2, 0.25) is 5.91 Å². The van der Waals surface area contributed by atoms with Crippen LogP contribution in [0.4, 0.5) is 0 Å². The minimum atomic E-state index is -4.36. The third kappa shape index (κ3) is 67.6. The van der Waals surface area contributed by atoms with Crippen LogP contribution in [-0.2, 0) is 18.4 Å². The zero-order valence-corrected chi connectivity index (χ0v) is 56.8. The molecule has 1 amide bonds. The number of carbonyl (C=O) groups is 1. The van der Waals surface area contributed by atoms with Gasteiger partial charge in [0.1, 0.15) is 13.2 Å². The Kier molecular flexibility index (Phi) is 63.3. The van der Waals surface area contributed by atoms with Crippen LogP contribution >= 0.6 is 7.82 Å². The van der Waals surface area contributed by atoms with Gasteiger partial charge in [0.15, 0.2) is 0 Å². The molecule has 3 unspecified atom stereocenters. The fraction of sp³-hybridized carbons (Fsp3) is 0.851. The molecule has 8 nitrogen and oxygen atoms in total. The molecule has 3 atom stereocenters. The summed E-state index contributed by atoms with van der Waals surface area (Å²) in [5, 5.41) is 14.0. The molecule has 0 aliphatic heterocycles. The second-order valence-electron chi connectivity index (χ2n) is 26.0. The number of quaternary nitrogens is 1. The van der Waals surface area contributed by atoms with E-state index in [1.165, 1.54) is 283 Å². The number of phosphoric acid groups is 1. The summed E-state index contributed by atoms with van der Waals surface area (Å²) in [6.07, 6.45) is 89.5. The lowest BCUT2D eigenvalue weighted by Crippen LogP contribution is -2.45. The molecule has 0 aliphatic rings. The first-order valence-electron chi connectivity index (χ1n) is 36.2. The second-order valence-corrected chi connectivity index (χ2v) is 27.4. The highest BCUT2D eigenvalue weighted by Crippen LogP contribution is 2.43. The molecule has 0 fully saturated rings. The monoisotopic (exact) mass is 1190 g/mol. The van der Waals surface area contributed by atoms with E-state index in [1.54, 1.807) is 6.08 Å². The summed E-state index contributed by atoms with van der Waals surface area (Å²) >= 11 is 0. The number of likely N-dealkylation sites (N-methyl/N-ethyl adjacent to an activating group) is 1. The highest BCUT2D eigenvalue weighted by Gasteiger charge is 2.28. The fourth-order valence-electron chi connectivity index (χ4n) is 10.8. The number of unbranched alkanes of at least 4 members (excludes halogenated alkanes) is 46. The number of nitrogens with zero attached hydrogens (tertiary/aromatic N) is 1. The van der Waals surface area contributed by atoms with Crippen LogP contribution in [0.25, 0.3) is 0 Å². The zero-order valence-electron chi connectivity index (χ0n) is 55.9. The SMILES string of the molecule is CCCCCCC/C=C\C/C=C\C/C=C\CCCCCCCCCCCCCCCCCCC(=O)NC(COP(=O)(O)OCC[N+](C)(C)C)C(O)/C=C/CC/C=C/CCCCCCCCCCCCCCCCCCCCCCCCCC. The maximum Gasteiger partial charge on any atom is 0.472 e. The number of phosphoric ester groups is 1. The molecule has 3 N–H and O–H groups in total. The van der Waals surface area contributed by atoms with Gasteiger partial charge in [-0.3, -0.25) is 13.8 Å². The van der Waals surface area contributed by atoms with Crippen molar-refractivity contribution in [3.05, 3.63) is 60.8 Å². The molecule has 0 bridgehead atoms. The van der Waals surface area contributed by atoms with Crippen molar-refractivity contribution in [1.29, 1.82) is 0 Å². The molecule has 0 aliphatic carbocycles. The number of hydrogen-bond donors (Lipinski definition) is 3. The number of nitrogens with one attached hydrogen (secondary N) is 1. The summed E-state index contributed by atoms with van der Waals surface area (Å²) in [5.41, 5.74) is 0. The van der Waals surface area contributed by atoms with E-state index in [0.717, 1.165) is 51.4 Å². The van der Waals surface area contributed by atoms with Crippen LogP contribution in [0, 0.1) is 0 Å². The van der Waals surface area contributed by atoms with Crippen molar-refractivity contribution >= 4 is 13.7 Å². The molecule has 0 heterocycles. The number of aliphatic hydroxyl groups excluding tert-OH is 1. The average molecular weight is 1190 g/mol. The third-order valence-corrected chi connectivity index (χ3v) is 17.4. The van der Waals surface area contributed by atoms with Crippen LogP contribution in [0.15, 0.2) is 60.8 Å². The maximum atomic E-state index is 13.1. The van der Waals surface area contributed by atoms with Gasteiger partial charge >= 0.3 is 7.82 Å². The third-order valence-electron chi connectivity index (χ3n) is 16.5. The number of hydrogen-bond acceptors (Lipinski definition) is 5. The second kappa shape index (κ2) is 64.7. The lowest BCUT2D eigenvalue weighted by molar-refractivity contribution is -0.870. The van der Waals surface area contributed by atoms with Crippen molar-refractivity contribution in [2.75, 3.05) is 40.9 Å². The number of carbonyl (C=O) groups excluding carboxylic acids is 1. The van der Waals surface area contributed by atoms with Gasteiger partial charge in [-0.2, -0.15) is 0 Å². The molecule has 0 rings (SSSR count). The standard InChI is InChI=1S/C74H141N2O6P/c1-6-8-10-12-14-16-18-20-22-24-26-28-30-32-34-36-38-40-42-44-46-48-50-52-54-56-58-60-62-64-66-68-74(78)75-72(71-82-83(79,80)81-70-69-76(3,4)5)73(77)67-65-63-61-59-57-55-53-51-49-47-45-43-41-39-37-35-33-31-29-27-25-23-21-19-17-15-13-11-9-7-2/h18,20,24,26,30,32,57,59,65,67,72-73,77H,6-17,19,21-23,25,27-29,31,33-56,58,60-64,66,68-71H2,1-5H3,(H-,75,78,79,80)/p+1/b20-18-,26-24-,32-30-,59-57+,67-65+. The Morgan fingerprint density at radius 1 is 0.410 bits per heavy atom. The Morgan fingerprint density at radius 2 is 0.699 bits per heavy atom. The lowest BCUT2D eigenvalue weighted by Gasteiger charge is -2.25. The van der Waals surface area contributed by atoms with E-state index >= 15 is 0 Å². The Balaban J connectivity index is 4.08. The van der Waals surface area contributed by atoms with E-state index in [0.29, 0.717) is 17.4 Å². The van der Waals surface area contributed by atoms with Crippen LogP contribution < -0.4 is 5.32 Å². The van der Waals surface area contributed by atoms with Gasteiger partial charge in [-0.05, 0) is 70.6 Å². The molecule has 0 aromatic rings. The number of aliphatic hydroxyl groups is 1. The summed E-state index contributed by atoms with van der Waals surface area (Å²) in [5.74, 6) is -0.183. The van der Waals surface area contributed by atoms with E-state index in [1.807, 2.05) is 27.2 Å². The smallest absolute Gasteiger partial charge is 0.387 e. The molecule has 0 saturated carbocycles. The normalized spacial score (nSPS) is 14.0. The number of amides is 1. The number of rotatable bonds is 67. The van der Waals surface area contributed by atoms with Crippen LogP contribution in [0.2, 0.25) is 0 Å². The molecule has 9 heteroatoms. The molecular weight excluding hydrogens is 1040 g/mol. The van der Waals surface area contributed by atoms with Crippen LogP contribution in [0.5, 0.6) is 0 Å². The molecule has 0 saturated heterocycles. The van der Waals surface area contributed by atoms with Crippen LogP contribution in [0.1, 0.15) is 354 Å². The topological polar surface area (TPSA) is 105 Å². The highest BCUT2D eigenvalue weighted by atomic mass is 31.2. The van der Waals surface area contributed by atoms with Gasteiger partial charge in [0.05, 0.1) is 39.9 Å². The minimum absolute atomic E-state index is 0.0559. The van der Waals surface area contributed by atoms with Crippen molar-refractivity contribution in [3.8, 4) is 0 Å². The van der Waals surface area contributed by atoms with E-state index in [-0.39, 0.29) is 19.1 Å². The van der Waals surface area contributed by atoms with E-state index < -0.39 is 20.0 Å². The molecular formula is C74H142N2O6P+. The zero-order chi connectivity index (χ0) is 60.5. The van der Waals surface area contributed by atoms with Gasteiger partial charge in [-0.1, -0.05) is 338 Å². The van der Waals surface area contributed by atoms with E-state index in [4.69, 9.17) is 9.05 Å². The predicted octanol–water partition coefficient (Wildman–Crippen LogP) is 23.2. The van der Waals surface area contributed by atoms with Crippen LogP contribution in [-0.4, -0.2) is 73.4 Å². The summed E-state index contributed by atoms with van der Waals surface area (Å²) in [6.45, 7) is 4.83. The molecule has 0 spiro atoms. The summed E-state index contributed by atoms with van der Waals surface area (Å²) in [4.78, 5) is 23.4. The molecule has 488 valence electrons. The van der Waals surface area contributed by atoms with Crippen molar-refractivity contribution in [3.63, 3.8) is 0 Å². The highest BCUT2D eigenvalue weighted by molar-refractivity contribution is 7.47. The Morgan fingerprint density at radius 3 is 1.05 bits per heavy atom. The van der Waals surface area contributed by atoms with Crippen molar-refractivity contribution in [1.82, 2.24) is 5.32 Å². The van der Waals surface area contributed by atoms with Gasteiger partial charge in [-0.25, -0.2) is 4.57 Å². The molecule has 0 aromatic carbocycles. The Labute approximate surface area is 517 Å². The number of allylic oxidation sites excluding steroid dienone is 9. The van der Waals surface area contributed by atoms with E-state index in [9.17, 15) is 19.4 Å². The fourth-order valence-corrected chi connectivity index (χ4v) is 11.6. The lowest BCUT2D eigenvalue weighted by atomic mass is 10.0. The van der Waals surface area contributed by atoms with Crippen molar-refractivity contribution < 1.29 is 32.9 Å². The Bertz CT molecular complexity index is 1540. The summed E-state index contributed by atoms with van der Waals surface area (Å²) < 4.78 is 23.8. The Hall–Kier alpha value is -1.80. The first-order chi connectivity index (χ1) is 40.5. The quantitative estimate of drug-likeness (QED) is 0.0243. The molecule has 0 radical (unpaired) electrons. The average Bonchev–Trinajstić information content (AvgIpc) is 3.49. The minimum Gasteiger partial charge on any atom is -0.387 e. The van der Waals surface area contributed by atoms with Gasteiger partial charge < -0.3 is 19.8 Å². The largest absolute Gasteiger partial charge is 0.472 e. The van der Waals surface area contributed by atoms with Crippen LogP contribution in [0.3, 0.4) is 0 Å². The first kappa shape index (κ1) is 81.2. The summed E-state index contributed by atoms with van der Waals surface area (Å²) in [7, 11) is 1.56.